The van der Waals surface area contributed by atoms with Gasteiger partial charge in [0.15, 0.2) is 9.84 Å². The molecule has 2 amide bonds. The summed E-state index contributed by atoms with van der Waals surface area (Å²) in [7, 11) is -1.19. The molecule has 0 radical (unpaired) electrons. The van der Waals surface area contributed by atoms with Crippen molar-refractivity contribution in [2.45, 2.75) is 33.1 Å². The first-order valence-electron chi connectivity index (χ1n) is 7.45. The summed E-state index contributed by atoms with van der Waals surface area (Å²) >= 11 is 0. The Bertz CT molecular complexity index is 723. The number of aromatic nitrogens is 2. The number of amides is 2. The van der Waals surface area contributed by atoms with Gasteiger partial charge in [-0.15, -0.1) is 0 Å². The van der Waals surface area contributed by atoms with Crippen molar-refractivity contribution in [1.82, 2.24) is 20.6 Å². The SMILES string of the molecule is Cc1nn(C)c(C)c1CC(=O)NNC(=O)CC1CCS(=O)(=O)C1. The zero-order chi connectivity index (χ0) is 17.2. The molecule has 23 heavy (non-hydrogen) atoms. The van der Waals surface area contributed by atoms with Crippen LogP contribution in [0.1, 0.15) is 29.8 Å². The van der Waals surface area contributed by atoms with Crippen LogP contribution in [0.5, 0.6) is 0 Å². The van der Waals surface area contributed by atoms with Crippen LogP contribution >= 0.6 is 0 Å². The van der Waals surface area contributed by atoms with Crippen LogP contribution in [0.25, 0.3) is 0 Å². The van der Waals surface area contributed by atoms with Gasteiger partial charge >= 0.3 is 0 Å². The third-order valence-corrected chi connectivity index (χ3v) is 5.98. The summed E-state index contributed by atoms with van der Waals surface area (Å²) in [6.45, 7) is 3.70. The molecule has 1 aromatic heterocycles. The normalized spacial score (nSPS) is 19.5. The fourth-order valence-corrected chi connectivity index (χ4v) is 4.63. The molecule has 1 aliphatic rings. The molecule has 9 heteroatoms. The summed E-state index contributed by atoms with van der Waals surface area (Å²) in [5.41, 5.74) is 7.22. The van der Waals surface area contributed by atoms with E-state index < -0.39 is 9.84 Å². The number of carbonyl (C=O) groups excluding carboxylic acids is 2. The van der Waals surface area contributed by atoms with E-state index in [-0.39, 0.29) is 42.1 Å². The average Bonchev–Trinajstić information content (AvgIpc) is 2.90. The minimum absolute atomic E-state index is 0.0441. The lowest BCUT2D eigenvalue weighted by atomic mass is 10.1. The highest BCUT2D eigenvalue weighted by Crippen LogP contribution is 2.21. The summed E-state index contributed by atoms with van der Waals surface area (Å²) in [6.07, 6.45) is 0.728. The maximum Gasteiger partial charge on any atom is 0.242 e. The predicted octanol–water partition coefficient (Wildman–Crippen LogP) is -0.448. The number of carbonyl (C=O) groups is 2. The number of nitrogens with one attached hydrogen (secondary N) is 2. The second-order valence-corrected chi connectivity index (χ2v) is 8.25. The Balaban J connectivity index is 1.79. The van der Waals surface area contributed by atoms with Crippen molar-refractivity contribution in [2.24, 2.45) is 13.0 Å². The molecule has 2 rings (SSSR count). The highest BCUT2D eigenvalue weighted by atomic mass is 32.2. The zero-order valence-corrected chi connectivity index (χ0v) is 14.4. The van der Waals surface area contributed by atoms with Crippen LogP contribution in [-0.2, 0) is 32.9 Å². The van der Waals surface area contributed by atoms with Gasteiger partial charge in [0.2, 0.25) is 11.8 Å². The van der Waals surface area contributed by atoms with E-state index >= 15 is 0 Å². The highest BCUT2D eigenvalue weighted by molar-refractivity contribution is 7.91. The van der Waals surface area contributed by atoms with Gasteiger partial charge in [-0.2, -0.15) is 5.10 Å². The van der Waals surface area contributed by atoms with Crippen LogP contribution in [0.2, 0.25) is 0 Å². The van der Waals surface area contributed by atoms with Crippen molar-refractivity contribution in [3.63, 3.8) is 0 Å². The third-order valence-electron chi connectivity index (χ3n) is 4.14. The summed E-state index contributed by atoms with van der Waals surface area (Å²) in [5, 5.41) is 4.23. The van der Waals surface area contributed by atoms with E-state index in [1.807, 2.05) is 13.8 Å². The van der Waals surface area contributed by atoms with Crippen LogP contribution in [0.4, 0.5) is 0 Å². The minimum Gasteiger partial charge on any atom is -0.273 e. The molecule has 1 saturated heterocycles. The molecule has 0 bridgehead atoms. The lowest BCUT2D eigenvalue weighted by molar-refractivity contribution is -0.129. The Labute approximate surface area is 135 Å². The maximum atomic E-state index is 11.9. The highest BCUT2D eigenvalue weighted by Gasteiger charge is 2.29. The smallest absolute Gasteiger partial charge is 0.242 e. The lowest BCUT2D eigenvalue weighted by Crippen LogP contribution is -2.43. The number of nitrogens with zero attached hydrogens (tertiary/aromatic N) is 2. The number of rotatable bonds is 4. The van der Waals surface area contributed by atoms with E-state index in [2.05, 4.69) is 16.0 Å². The van der Waals surface area contributed by atoms with Crippen LogP contribution in [0.3, 0.4) is 0 Å². The van der Waals surface area contributed by atoms with E-state index in [0.717, 1.165) is 17.0 Å². The number of aryl methyl sites for hydroxylation is 2. The third kappa shape index (κ3) is 4.54. The van der Waals surface area contributed by atoms with Crippen LogP contribution in [-0.4, -0.2) is 41.5 Å². The average molecular weight is 342 g/mol. The first kappa shape index (κ1) is 17.5. The van der Waals surface area contributed by atoms with Gasteiger partial charge in [-0.25, -0.2) is 8.42 Å². The van der Waals surface area contributed by atoms with Crippen molar-refractivity contribution in [3.05, 3.63) is 17.0 Å². The number of hydrazine groups is 1. The quantitative estimate of drug-likeness (QED) is 0.720. The molecule has 0 aromatic carbocycles. The number of hydrogen-bond donors (Lipinski definition) is 2. The van der Waals surface area contributed by atoms with Crippen molar-refractivity contribution in [2.75, 3.05) is 11.5 Å². The Hall–Kier alpha value is -1.90. The molecular weight excluding hydrogens is 320 g/mol. The lowest BCUT2D eigenvalue weighted by Gasteiger charge is -2.10. The fraction of sp³-hybridized carbons (Fsp3) is 0.643. The predicted molar refractivity (Wildman–Crippen MR) is 84.0 cm³/mol. The van der Waals surface area contributed by atoms with Gasteiger partial charge in [0.25, 0.3) is 0 Å². The molecule has 0 spiro atoms. The second kappa shape index (κ2) is 6.69. The molecular formula is C14H22N4O4S. The molecule has 2 heterocycles. The Morgan fingerprint density at radius 3 is 2.43 bits per heavy atom. The Morgan fingerprint density at radius 2 is 1.91 bits per heavy atom. The largest absolute Gasteiger partial charge is 0.273 e. The summed E-state index contributed by atoms with van der Waals surface area (Å²) in [6, 6.07) is 0. The zero-order valence-electron chi connectivity index (χ0n) is 13.5. The summed E-state index contributed by atoms with van der Waals surface area (Å²) in [5.74, 6) is -0.698. The van der Waals surface area contributed by atoms with E-state index in [4.69, 9.17) is 0 Å². The topological polar surface area (TPSA) is 110 Å². The standard InChI is InChI=1S/C14H22N4O4S/c1-9-12(10(2)18(3)17-9)7-14(20)16-15-13(19)6-11-4-5-23(21,22)8-11/h11H,4-8H2,1-3H3,(H,15,19)(H,16,20). The first-order valence-corrected chi connectivity index (χ1v) is 9.27. The van der Waals surface area contributed by atoms with Crippen molar-refractivity contribution in [1.29, 1.82) is 0 Å². The van der Waals surface area contributed by atoms with Gasteiger partial charge < -0.3 is 0 Å². The Morgan fingerprint density at radius 1 is 1.26 bits per heavy atom. The van der Waals surface area contributed by atoms with Crippen molar-refractivity contribution in [3.8, 4) is 0 Å². The van der Waals surface area contributed by atoms with Gasteiger partial charge in [0, 0.05) is 24.7 Å². The molecule has 128 valence electrons. The fourth-order valence-electron chi connectivity index (χ4n) is 2.76. The van der Waals surface area contributed by atoms with Crippen LogP contribution in [0.15, 0.2) is 0 Å². The van der Waals surface area contributed by atoms with Gasteiger partial charge in [0.1, 0.15) is 0 Å². The maximum absolute atomic E-state index is 11.9. The van der Waals surface area contributed by atoms with Gasteiger partial charge in [0.05, 0.1) is 23.6 Å². The van der Waals surface area contributed by atoms with E-state index in [0.29, 0.717) is 6.42 Å². The summed E-state index contributed by atoms with van der Waals surface area (Å²) in [4.78, 5) is 23.7. The molecule has 8 nitrogen and oxygen atoms in total. The first-order chi connectivity index (χ1) is 10.7. The molecule has 1 unspecified atom stereocenters. The van der Waals surface area contributed by atoms with E-state index in [9.17, 15) is 18.0 Å². The molecule has 1 aliphatic heterocycles. The minimum atomic E-state index is -3.00. The molecule has 1 aromatic rings. The molecule has 0 aliphatic carbocycles. The van der Waals surface area contributed by atoms with Gasteiger partial charge in [-0.1, -0.05) is 0 Å². The van der Waals surface area contributed by atoms with E-state index in [1.54, 1.807) is 11.7 Å². The van der Waals surface area contributed by atoms with Gasteiger partial charge in [-0.05, 0) is 26.2 Å². The number of sulfone groups is 1. The summed E-state index contributed by atoms with van der Waals surface area (Å²) < 4.78 is 24.4. The number of hydrogen-bond acceptors (Lipinski definition) is 5. The monoisotopic (exact) mass is 342 g/mol. The molecule has 1 fully saturated rings. The van der Waals surface area contributed by atoms with Crippen LogP contribution < -0.4 is 10.9 Å². The Kier molecular flexibility index (Phi) is 5.08. The van der Waals surface area contributed by atoms with Gasteiger partial charge in [-0.3, -0.25) is 25.1 Å². The van der Waals surface area contributed by atoms with E-state index in [1.165, 1.54) is 0 Å². The second-order valence-electron chi connectivity index (χ2n) is 6.02. The molecule has 2 N–H and O–H groups in total. The van der Waals surface area contributed by atoms with Crippen molar-refractivity contribution < 1.29 is 18.0 Å². The van der Waals surface area contributed by atoms with Crippen molar-refractivity contribution >= 4 is 21.7 Å². The molecule has 1 atom stereocenters. The molecule has 0 saturated carbocycles. The van der Waals surface area contributed by atoms with Crippen LogP contribution in [0, 0.1) is 19.8 Å².